The Kier molecular flexibility index (Phi) is 21.0. The molecule has 5 nitrogen and oxygen atoms in total. The van der Waals surface area contributed by atoms with E-state index in [4.69, 9.17) is 9.47 Å². The summed E-state index contributed by atoms with van der Waals surface area (Å²) in [6, 6.07) is 0. The van der Waals surface area contributed by atoms with E-state index in [1.54, 1.807) is 7.11 Å². The number of hydrogen-bond acceptors (Lipinski definition) is 3. The van der Waals surface area contributed by atoms with Crippen LogP contribution in [0.3, 0.4) is 0 Å². The first-order valence-electron chi connectivity index (χ1n) is 7.44. The molecular formula is C14H32IN3O2. The Morgan fingerprint density at radius 2 is 1.80 bits per heavy atom. The van der Waals surface area contributed by atoms with E-state index in [1.165, 1.54) is 6.42 Å². The summed E-state index contributed by atoms with van der Waals surface area (Å²) < 4.78 is 10.3. The zero-order valence-electron chi connectivity index (χ0n) is 13.2. The minimum atomic E-state index is 0. The number of methoxy groups -OCH3 is 1. The van der Waals surface area contributed by atoms with Crippen molar-refractivity contribution in [2.75, 3.05) is 46.6 Å². The summed E-state index contributed by atoms with van der Waals surface area (Å²) in [5.41, 5.74) is 0. The van der Waals surface area contributed by atoms with Crippen LogP contribution in [0, 0.1) is 0 Å². The molecule has 0 atom stereocenters. The third kappa shape index (κ3) is 16.0. The zero-order chi connectivity index (χ0) is 14.2. The predicted molar refractivity (Wildman–Crippen MR) is 96.2 cm³/mol. The van der Waals surface area contributed by atoms with Gasteiger partial charge in [-0.15, -0.1) is 24.0 Å². The molecule has 0 spiro atoms. The van der Waals surface area contributed by atoms with E-state index in [9.17, 15) is 0 Å². The first-order chi connectivity index (χ1) is 9.35. The predicted octanol–water partition coefficient (Wildman–Crippen LogP) is 2.40. The van der Waals surface area contributed by atoms with Crippen molar-refractivity contribution in [3.8, 4) is 0 Å². The summed E-state index contributed by atoms with van der Waals surface area (Å²) in [6.45, 7) is 9.17. The first-order valence-corrected chi connectivity index (χ1v) is 7.44. The number of guanidine groups is 1. The topological polar surface area (TPSA) is 54.9 Å². The van der Waals surface area contributed by atoms with Gasteiger partial charge < -0.3 is 20.1 Å². The molecule has 0 unspecified atom stereocenters. The van der Waals surface area contributed by atoms with Gasteiger partial charge in [-0.1, -0.05) is 0 Å². The highest BCUT2D eigenvalue weighted by molar-refractivity contribution is 14.0. The fourth-order valence-corrected chi connectivity index (χ4v) is 1.60. The van der Waals surface area contributed by atoms with E-state index in [2.05, 4.69) is 22.5 Å². The molecular weight excluding hydrogens is 369 g/mol. The van der Waals surface area contributed by atoms with E-state index in [0.29, 0.717) is 0 Å². The van der Waals surface area contributed by atoms with Crippen molar-refractivity contribution in [1.82, 2.24) is 10.6 Å². The molecule has 122 valence electrons. The van der Waals surface area contributed by atoms with E-state index in [-0.39, 0.29) is 24.0 Å². The average molecular weight is 401 g/mol. The molecule has 0 aliphatic rings. The molecule has 0 radical (unpaired) electrons. The lowest BCUT2D eigenvalue weighted by Crippen LogP contribution is -2.37. The third-order valence-corrected chi connectivity index (χ3v) is 2.58. The highest BCUT2D eigenvalue weighted by Crippen LogP contribution is 1.93. The van der Waals surface area contributed by atoms with Gasteiger partial charge >= 0.3 is 0 Å². The van der Waals surface area contributed by atoms with Crippen LogP contribution in [0.5, 0.6) is 0 Å². The molecule has 0 rings (SSSR count). The average Bonchev–Trinajstić information content (AvgIpc) is 2.42. The minimum Gasteiger partial charge on any atom is -0.385 e. The van der Waals surface area contributed by atoms with Crippen molar-refractivity contribution in [2.24, 2.45) is 4.99 Å². The Balaban J connectivity index is 0. The normalized spacial score (nSPS) is 11.1. The summed E-state index contributed by atoms with van der Waals surface area (Å²) in [4.78, 5) is 4.51. The fourth-order valence-electron chi connectivity index (χ4n) is 1.60. The molecule has 0 aliphatic carbocycles. The highest BCUT2D eigenvalue weighted by atomic mass is 127. The van der Waals surface area contributed by atoms with Gasteiger partial charge in [-0.25, -0.2) is 0 Å². The van der Waals surface area contributed by atoms with Crippen molar-refractivity contribution < 1.29 is 9.47 Å². The number of rotatable bonds is 12. The van der Waals surface area contributed by atoms with Crippen molar-refractivity contribution in [3.63, 3.8) is 0 Å². The molecule has 0 aromatic carbocycles. The molecule has 0 aliphatic heterocycles. The van der Waals surface area contributed by atoms with Crippen LogP contribution in [0.4, 0.5) is 0 Å². The van der Waals surface area contributed by atoms with Gasteiger partial charge in [0.2, 0.25) is 0 Å². The number of nitrogens with zero attached hydrogens (tertiary/aromatic N) is 1. The number of hydrogen-bond donors (Lipinski definition) is 2. The molecule has 0 aromatic heterocycles. The van der Waals surface area contributed by atoms with Gasteiger partial charge in [0.05, 0.1) is 0 Å². The van der Waals surface area contributed by atoms with Gasteiger partial charge in [0, 0.05) is 46.6 Å². The Hall–Kier alpha value is -0.0800. The van der Waals surface area contributed by atoms with Crippen LogP contribution in [-0.2, 0) is 9.47 Å². The number of halogens is 1. The van der Waals surface area contributed by atoms with Crippen LogP contribution in [0.2, 0.25) is 0 Å². The summed E-state index contributed by atoms with van der Waals surface area (Å²) in [5.74, 6) is 0.908. The molecule has 2 N–H and O–H groups in total. The van der Waals surface area contributed by atoms with Crippen LogP contribution < -0.4 is 10.6 Å². The lowest BCUT2D eigenvalue weighted by atomic mass is 10.2. The Bertz CT molecular complexity index is 217. The maximum absolute atomic E-state index is 5.29. The van der Waals surface area contributed by atoms with E-state index in [0.717, 1.165) is 64.7 Å². The molecule has 0 fully saturated rings. The van der Waals surface area contributed by atoms with Crippen LogP contribution in [-0.4, -0.2) is 52.5 Å². The maximum Gasteiger partial charge on any atom is 0.191 e. The van der Waals surface area contributed by atoms with Gasteiger partial charge in [-0.2, -0.15) is 0 Å². The third-order valence-electron chi connectivity index (χ3n) is 2.58. The second-order valence-corrected chi connectivity index (χ2v) is 4.29. The van der Waals surface area contributed by atoms with Crippen LogP contribution in [0.25, 0.3) is 0 Å². The number of unbranched alkanes of at least 4 members (excludes halogenated alkanes) is 2. The van der Waals surface area contributed by atoms with E-state index in [1.807, 2.05) is 6.92 Å². The largest absolute Gasteiger partial charge is 0.385 e. The fraction of sp³-hybridized carbons (Fsp3) is 0.929. The highest BCUT2D eigenvalue weighted by Gasteiger charge is 1.96. The van der Waals surface area contributed by atoms with Gasteiger partial charge in [0.25, 0.3) is 0 Å². The standard InChI is InChI=1S/C14H31N3O2.HI/c1-4-15-14(17-11-9-13-19-5-2)16-10-7-6-8-12-18-3;/h4-13H2,1-3H3,(H2,15,16,17);1H. The van der Waals surface area contributed by atoms with Crippen LogP contribution in [0.15, 0.2) is 4.99 Å². The Morgan fingerprint density at radius 1 is 1.00 bits per heavy atom. The lowest BCUT2D eigenvalue weighted by molar-refractivity contribution is 0.146. The molecule has 0 saturated heterocycles. The number of nitrogens with one attached hydrogen (secondary N) is 2. The zero-order valence-corrected chi connectivity index (χ0v) is 15.6. The van der Waals surface area contributed by atoms with Crippen LogP contribution in [0.1, 0.15) is 39.5 Å². The number of aliphatic imine (C=N–C) groups is 1. The van der Waals surface area contributed by atoms with Crippen LogP contribution >= 0.6 is 24.0 Å². The molecule has 0 amide bonds. The summed E-state index contributed by atoms with van der Waals surface area (Å²) in [7, 11) is 1.75. The van der Waals surface area contributed by atoms with Gasteiger partial charge in [-0.05, 0) is 39.5 Å². The van der Waals surface area contributed by atoms with Gasteiger partial charge in [0.1, 0.15) is 0 Å². The quantitative estimate of drug-likeness (QED) is 0.228. The monoisotopic (exact) mass is 401 g/mol. The molecule has 6 heteroatoms. The molecule has 20 heavy (non-hydrogen) atoms. The molecule has 0 bridgehead atoms. The first kappa shape index (κ1) is 22.2. The maximum atomic E-state index is 5.29. The van der Waals surface area contributed by atoms with Crippen molar-refractivity contribution in [3.05, 3.63) is 0 Å². The van der Waals surface area contributed by atoms with Crippen molar-refractivity contribution in [2.45, 2.75) is 39.5 Å². The molecule has 0 aromatic rings. The number of ether oxygens (including phenoxy) is 2. The van der Waals surface area contributed by atoms with E-state index >= 15 is 0 Å². The molecule has 0 saturated carbocycles. The van der Waals surface area contributed by atoms with E-state index < -0.39 is 0 Å². The summed E-state index contributed by atoms with van der Waals surface area (Å²) in [6.07, 6.45) is 4.43. The van der Waals surface area contributed by atoms with Gasteiger partial charge in [-0.3, -0.25) is 4.99 Å². The second kappa shape index (κ2) is 18.9. The smallest absolute Gasteiger partial charge is 0.191 e. The second-order valence-electron chi connectivity index (χ2n) is 4.29. The van der Waals surface area contributed by atoms with Gasteiger partial charge in [0.15, 0.2) is 5.96 Å². The molecule has 0 heterocycles. The van der Waals surface area contributed by atoms with Crippen molar-refractivity contribution in [1.29, 1.82) is 0 Å². The Morgan fingerprint density at radius 3 is 2.45 bits per heavy atom. The Labute approximate surface area is 141 Å². The van der Waals surface area contributed by atoms with Crippen molar-refractivity contribution >= 4 is 29.9 Å². The summed E-state index contributed by atoms with van der Waals surface area (Å²) >= 11 is 0. The minimum absolute atomic E-state index is 0. The SMILES string of the molecule is CCNC(=NCCCOCC)NCCCCCOC.I. The lowest BCUT2D eigenvalue weighted by Gasteiger charge is -2.11. The summed E-state index contributed by atoms with van der Waals surface area (Å²) in [5, 5.41) is 6.59.